The smallest absolute Gasteiger partial charge is 0.249 e. The molecular formula is C19H20N6O2S. The summed E-state index contributed by atoms with van der Waals surface area (Å²) in [4.78, 5) is 19.3. The van der Waals surface area contributed by atoms with Crippen molar-refractivity contribution < 1.29 is 9.53 Å². The van der Waals surface area contributed by atoms with Gasteiger partial charge in [-0.2, -0.15) is 10.4 Å². The van der Waals surface area contributed by atoms with E-state index in [0.717, 1.165) is 27.8 Å². The van der Waals surface area contributed by atoms with Crippen LogP contribution in [0.4, 0.5) is 5.13 Å². The molecule has 3 heterocycles. The predicted molar refractivity (Wildman–Crippen MR) is 107 cm³/mol. The largest absolute Gasteiger partial charge is 0.383 e. The van der Waals surface area contributed by atoms with Crippen LogP contribution in [0, 0.1) is 11.5 Å². The Morgan fingerprint density at radius 2 is 2.36 bits per heavy atom. The minimum absolute atomic E-state index is 0.171. The third-order valence-electron chi connectivity index (χ3n) is 4.85. The summed E-state index contributed by atoms with van der Waals surface area (Å²) in [5, 5.41) is 18.0. The maximum atomic E-state index is 12.4. The monoisotopic (exact) mass is 396 g/mol. The molecule has 0 unspecified atom stereocenters. The first-order chi connectivity index (χ1) is 13.7. The van der Waals surface area contributed by atoms with Crippen LogP contribution in [-0.2, 0) is 16.1 Å². The van der Waals surface area contributed by atoms with Crippen LogP contribution >= 0.6 is 11.3 Å². The Labute approximate surface area is 166 Å². The minimum Gasteiger partial charge on any atom is -0.383 e. The fraction of sp³-hybridized carbons (Fsp3) is 0.368. The lowest BCUT2D eigenvalue weighted by atomic mass is 10.1. The molecule has 1 aliphatic rings. The first-order valence-corrected chi connectivity index (χ1v) is 9.89. The first-order valence-electron chi connectivity index (χ1n) is 9.07. The van der Waals surface area contributed by atoms with Crippen molar-refractivity contribution in [3.05, 3.63) is 30.6 Å². The summed E-state index contributed by atoms with van der Waals surface area (Å²) in [6, 6.07) is 5.74. The molecule has 8 nitrogen and oxygen atoms in total. The van der Waals surface area contributed by atoms with E-state index < -0.39 is 6.04 Å². The number of likely N-dealkylation sites (tertiary alicyclic amines) is 1. The van der Waals surface area contributed by atoms with E-state index in [1.54, 1.807) is 13.3 Å². The number of hydrogen-bond donors (Lipinski definition) is 1. The summed E-state index contributed by atoms with van der Waals surface area (Å²) in [6.07, 6.45) is 7.23. The van der Waals surface area contributed by atoms with Crippen LogP contribution in [0.5, 0.6) is 0 Å². The first kappa shape index (κ1) is 18.4. The number of thiazole rings is 1. The predicted octanol–water partition coefficient (Wildman–Crippen LogP) is 2.69. The van der Waals surface area contributed by atoms with Gasteiger partial charge in [-0.15, -0.1) is 0 Å². The van der Waals surface area contributed by atoms with Gasteiger partial charge in [0, 0.05) is 25.2 Å². The molecule has 0 aliphatic carbocycles. The molecule has 144 valence electrons. The second-order valence-electron chi connectivity index (χ2n) is 6.60. The van der Waals surface area contributed by atoms with Gasteiger partial charge in [0.25, 0.3) is 0 Å². The van der Waals surface area contributed by atoms with Crippen LogP contribution in [0.1, 0.15) is 12.8 Å². The minimum atomic E-state index is -0.397. The molecule has 9 heteroatoms. The number of anilines is 1. The van der Waals surface area contributed by atoms with Gasteiger partial charge in [-0.3, -0.25) is 14.4 Å². The SMILES string of the molecule is COCCn1ncc2cc(-c3cnc(NC(=O)[C@@H]4CCCN4C#N)s3)ccc21. The Kier molecular flexibility index (Phi) is 5.23. The van der Waals surface area contributed by atoms with Crippen molar-refractivity contribution in [1.82, 2.24) is 19.7 Å². The fourth-order valence-electron chi connectivity index (χ4n) is 3.41. The summed E-state index contributed by atoms with van der Waals surface area (Å²) in [6.45, 7) is 1.95. The van der Waals surface area contributed by atoms with E-state index in [-0.39, 0.29) is 5.91 Å². The maximum Gasteiger partial charge on any atom is 0.249 e. The van der Waals surface area contributed by atoms with Gasteiger partial charge in [0.05, 0.1) is 29.7 Å². The number of nitrogens with zero attached hydrogens (tertiary/aromatic N) is 5. The maximum absolute atomic E-state index is 12.4. The molecule has 0 spiro atoms. The average Bonchev–Trinajstić information content (AvgIpc) is 3.45. The van der Waals surface area contributed by atoms with Crippen molar-refractivity contribution >= 4 is 33.3 Å². The lowest BCUT2D eigenvalue weighted by molar-refractivity contribution is -0.119. The van der Waals surface area contributed by atoms with E-state index in [1.165, 1.54) is 16.2 Å². The molecule has 1 aromatic carbocycles. The zero-order valence-electron chi connectivity index (χ0n) is 15.5. The second kappa shape index (κ2) is 7.96. The standard InChI is InChI=1S/C19H20N6O2S/c1-27-8-7-25-15-5-4-13(9-14(15)10-22-25)17-11-21-19(28-17)23-18(26)16-3-2-6-24(16)12-20/h4-5,9-11,16H,2-3,6-8H2,1H3,(H,21,23,26)/t16-/m0/s1. The third kappa shape index (κ3) is 3.56. The van der Waals surface area contributed by atoms with Gasteiger partial charge in [-0.05, 0) is 30.5 Å². The number of nitrogens with one attached hydrogen (secondary N) is 1. The lowest BCUT2D eigenvalue weighted by Gasteiger charge is -2.16. The quantitative estimate of drug-likeness (QED) is 0.644. The summed E-state index contributed by atoms with van der Waals surface area (Å²) < 4.78 is 7.04. The third-order valence-corrected chi connectivity index (χ3v) is 5.82. The number of aromatic nitrogens is 3. The average molecular weight is 396 g/mol. The molecule has 0 saturated carbocycles. The topological polar surface area (TPSA) is 96.1 Å². The number of amides is 1. The number of rotatable bonds is 6. The fourth-order valence-corrected chi connectivity index (χ4v) is 4.22. The van der Waals surface area contributed by atoms with Crippen molar-refractivity contribution in [3.63, 3.8) is 0 Å². The molecule has 1 N–H and O–H groups in total. The Balaban J connectivity index is 1.49. The Bertz CT molecular complexity index is 1040. The van der Waals surface area contributed by atoms with E-state index in [1.807, 2.05) is 23.0 Å². The number of hydrogen-bond acceptors (Lipinski definition) is 7. The number of nitriles is 1. The van der Waals surface area contributed by atoms with E-state index in [4.69, 9.17) is 10.00 Å². The molecule has 1 saturated heterocycles. The molecule has 1 fully saturated rings. The van der Waals surface area contributed by atoms with Crippen LogP contribution in [-0.4, -0.2) is 51.9 Å². The van der Waals surface area contributed by atoms with E-state index in [9.17, 15) is 4.79 Å². The van der Waals surface area contributed by atoms with E-state index in [2.05, 4.69) is 27.7 Å². The van der Waals surface area contributed by atoms with Crippen LogP contribution < -0.4 is 5.32 Å². The van der Waals surface area contributed by atoms with Crippen LogP contribution in [0.2, 0.25) is 0 Å². The van der Waals surface area contributed by atoms with Crippen molar-refractivity contribution in [1.29, 1.82) is 5.26 Å². The summed E-state index contributed by atoms with van der Waals surface area (Å²) in [5.74, 6) is -0.171. The van der Waals surface area contributed by atoms with Crippen molar-refractivity contribution in [3.8, 4) is 16.6 Å². The zero-order chi connectivity index (χ0) is 19.5. The number of ether oxygens (including phenoxy) is 1. The highest BCUT2D eigenvalue weighted by molar-refractivity contribution is 7.19. The molecule has 28 heavy (non-hydrogen) atoms. The van der Waals surface area contributed by atoms with Crippen LogP contribution in [0.3, 0.4) is 0 Å². The molecule has 0 radical (unpaired) electrons. The molecule has 3 aromatic rings. The molecule has 4 rings (SSSR count). The van der Waals surface area contributed by atoms with Gasteiger partial charge in [0.1, 0.15) is 6.04 Å². The van der Waals surface area contributed by atoms with E-state index in [0.29, 0.717) is 31.2 Å². The molecule has 1 amide bonds. The van der Waals surface area contributed by atoms with Gasteiger partial charge in [0.15, 0.2) is 11.3 Å². The lowest BCUT2D eigenvalue weighted by Crippen LogP contribution is -2.36. The van der Waals surface area contributed by atoms with Gasteiger partial charge < -0.3 is 10.1 Å². The van der Waals surface area contributed by atoms with Crippen LogP contribution in [0.15, 0.2) is 30.6 Å². The highest BCUT2D eigenvalue weighted by Gasteiger charge is 2.30. The summed E-state index contributed by atoms with van der Waals surface area (Å²) in [7, 11) is 1.68. The van der Waals surface area contributed by atoms with Gasteiger partial charge in [-0.25, -0.2) is 4.98 Å². The zero-order valence-corrected chi connectivity index (χ0v) is 16.3. The number of benzene rings is 1. The van der Waals surface area contributed by atoms with Gasteiger partial charge in [-0.1, -0.05) is 17.4 Å². The van der Waals surface area contributed by atoms with Gasteiger partial charge in [0.2, 0.25) is 5.91 Å². The summed E-state index contributed by atoms with van der Waals surface area (Å²) in [5.41, 5.74) is 2.08. The van der Waals surface area contributed by atoms with Crippen LogP contribution in [0.25, 0.3) is 21.3 Å². The highest BCUT2D eigenvalue weighted by atomic mass is 32.1. The number of methoxy groups -OCH3 is 1. The molecule has 0 bridgehead atoms. The number of fused-ring (bicyclic) bond motifs is 1. The molecule has 1 atom stereocenters. The summed E-state index contributed by atoms with van der Waals surface area (Å²) >= 11 is 1.42. The second-order valence-corrected chi connectivity index (χ2v) is 7.64. The van der Waals surface area contributed by atoms with E-state index >= 15 is 0 Å². The van der Waals surface area contributed by atoms with Crippen molar-refractivity contribution in [2.24, 2.45) is 0 Å². The Morgan fingerprint density at radius 1 is 1.46 bits per heavy atom. The van der Waals surface area contributed by atoms with Crippen molar-refractivity contribution in [2.75, 3.05) is 25.6 Å². The van der Waals surface area contributed by atoms with Crippen molar-refractivity contribution in [2.45, 2.75) is 25.4 Å². The number of carbonyl (C=O) groups is 1. The normalized spacial score (nSPS) is 16.4. The highest BCUT2D eigenvalue weighted by Crippen LogP contribution is 2.31. The van der Waals surface area contributed by atoms with Gasteiger partial charge >= 0.3 is 0 Å². The molecule has 1 aliphatic heterocycles. The molecular weight excluding hydrogens is 376 g/mol. The number of carbonyl (C=O) groups excluding carboxylic acids is 1. The molecule has 2 aromatic heterocycles. The Hall–Kier alpha value is -2.96. The Morgan fingerprint density at radius 3 is 3.18 bits per heavy atom.